The van der Waals surface area contributed by atoms with Gasteiger partial charge in [-0.05, 0) is 6.92 Å². The van der Waals surface area contributed by atoms with Gasteiger partial charge in [0.25, 0.3) is 5.91 Å². The van der Waals surface area contributed by atoms with Crippen molar-refractivity contribution < 1.29 is 19.4 Å². The van der Waals surface area contributed by atoms with Crippen molar-refractivity contribution in [3.63, 3.8) is 0 Å². The zero-order chi connectivity index (χ0) is 8.44. The zero-order valence-corrected chi connectivity index (χ0v) is 5.84. The molecule has 1 aliphatic carbocycles. The molecule has 0 bridgehead atoms. The van der Waals surface area contributed by atoms with Gasteiger partial charge in [-0.25, -0.2) is 4.39 Å². The lowest BCUT2D eigenvalue weighted by molar-refractivity contribution is -0.138. The number of aliphatic hydroxyl groups excluding tert-OH is 1. The normalized spacial score (nSPS) is 60.5. The van der Waals surface area contributed by atoms with E-state index >= 15 is 0 Å². The maximum absolute atomic E-state index is 13.3. The van der Waals surface area contributed by atoms with Gasteiger partial charge in [-0.2, -0.15) is 0 Å². The van der Waals surface area contributed by atoms with Crippen molar-refractivity contribution in [1.29, 1.82) is 0 Å². The lowest BCUT2D eigenvalue weighted by atomic mass is 10.0. The molecule has 0 aromatic heterocycles. The molecule has 0 spiro atoms. The topological polar surface area (TPSA) is 69.6 Å². The minimum atomic E-state index is -2.35. The largest absolute Gasteiger partial charge is 0.388 e. The van der Waals surface area contributed by atoms with Gasteiger partial charge in [0.05, 0.1) is 6.04 Å². The summed E-state index contributed by atoms with van der Waals surface area (Å²) in [6, 6.07) is -0.815. The number of rotatable bonds is 0. The lowest BCUT2D eigenvalue weighted by Gasteiger charge is -2.18. The molecule has 1 aliphatic heterocycles. The van der Waals surface area contributed by atoms with Gasteiger partial charge in [-0.3, -0.25) is 4.79 Å². The Bertz CT molecular complexity index is 242. The first-order chi connectivity index (χ1) is 4.92. The van der Waals surface area contributed by atoms with Crippen LogP contribution in [0.1, 0.15) is 6.92 Å². The number of alkyl halides is 1. The predicted molar refractivity (Wildman–Crippen MR) is 32.4 cm³/mol. The summed E-state index contributed by atoms with van der Waals surface area (Å²) in [6.07, 6.45) is -1.16. The van der Waals surface area contributed by atoms with Crippen LogP contribution in [0, 0.1) is 0 Å². The van der Waals surface area contributed by atoms with Crippen molar-refractivity contribution in [3.05, 3.63) is 0 Å². The highest BCUT2D eigenvalue weighted by Gasteiger charge is 2.81. The van der Waals surface area contributed by atoms with Gasteiger partial charge < -0.3 is 15.5 Å². The number of fused-ring (bicyclic) bond motifs is 1. The molecular weight excluding hydrogens is 153 g/mol. The standard InChI is InChI=1S/C6H8FNO3/c1-5(7)4(10)8-2-3(9)6(2,5)11/h2-3,9,11H,1H3,(H,8,10)/t2-,3?,5+,6+/m1/s1. The van der Waals surface area contributed by atoms with Gasteiger partial charge in [0.1, 0.15) is 6.10 Å². The van der Waals surface area contributed by atoms with Crippen LogP contribution in [-0.4, -0.2) is 39.5 Å². The van der Waals surface area contributed by atoms with E-state index in [2.05, 4.69) is 5.32 Å². The van der Waals surface area contributed by atoms with E-state index < -0.39 is 29.3 Å². The first-order valence-electron chi connectivity index (χ1n) is 3.32. The van der Waals surface area contributed by atoms with Crippen molar-refractivity contribution in [2.24, 2.45) is 0 Å². The van der Waals surface area contributed by atoms with Crippen LogP contribution < -0.4 is 5.32 Å². The number of hydrogen-bond acceptors (Lipinski definition) is 3. The smallest absolute Gasteiger partial charge is 0.261 e. The van der Waals surface area contributed by atoms with Crippen LogP contribution in [0.3, 0.4) is 0 Å². The number of nitrogens with one attached hydrogen (secondary N) is 1. The van der Waals surface area contributed by atoms with E-state index in [1.807, 2.05) is 0 Å². The van der Waals surface area contributed by atoms with Gasteiger partial charge >= 0.3 is 0 Å². The fourth-order valence-electron chi connectivity index (χ4n) is 1.57. The van der Waals surface area contributed by atoms with Crippen molar-refractivity contribution in [3.8, 4) is 0 Å². The Balaban J connectivity index is 2.39. The highest BCUT2D eigenvalue weighted by atomic mass is 19.1. The second-order valence-corrected chi connectivity index (χ2v) is 3.22. The highest BCUT2D eigenvalue weighted by Crippen LogP contribution is 2.51. The van der Waals surface area contributed by atoms with E-state index in [0.29, 0.717) is 0 Å². The average molecular weight is 161 g/mol. The molecule has 1 saturated heterocycles. The molecule has 11 heavy (non-hydrogen) atoms. The number of hydrogen-bond donors (Lipinski definition) is 3. The summed E-state index contributed by atoms with van der Waals surface area (Å²) in [5.41, 5.74) is -4.23. The molecule has 2 fully saturated rings. The minimum Gasteiger partial charge on any atom is -0.388 e. The van der Waals surface area contributed by atoms with Gasteiger partial charge in [0.15, 0.2) is 5.60 Å². The van der Waals surface area contributed by atoms with Crippen molar-refractivity contribution in [1.82, 2.24) is 5.32 Å². The third-order valence-electron chi connectivity index (χ3n) is 2.60. The highest BCUT2D eigenvalue weighted by molar-refractivity contribution is 5.92. The number of carbonyl (C=O) groups excluding carboxylic acids is 1. The lowest BCUT2D eigenvalue weighted by Crippen LogP contribution is -2.46. The molecule has 3 N–H and O–H groups in total. The van der Waals surface area contributed by atoms with Crippen LogP contribution in [0.4, 0.5) is 4.39 Å². The third kappa shape index (κ3) is 0.478. The first kappa shape index (κ1) is 7.00. The molecule has 4 atom stereocenters. The Hall–Kier alpha value is -0.680. The van der Waals surface area contributed by atoms with E-state index in [9.17, 15) is 14.3 Å². The molecule has 1 unspecified atom stereocenters. The molecular formula is C6H8FNO3. The molecule has 1 amide bonds. The van der Waals surface area contributed by atoms with E-state index in [1.165, 1.54) is 0 Å². The molecule has 1 saturated carbocycles. The van der Waals surface area contributed by atoms with Crippen LogP contribution in [0.15, 0.2) is 0 Å². The van der Waals surface area contributed by atoms with E-state index in [0.717, 1.165) is 6.92 Å². The summed E-state index contributed by atoms with van der Waals surface area (Å²) in [5, 5.41) is 20.4. The monoisotopic (exact) mass is 161 g/mol. The molecule has 0 radical (unpaired) electrons. The number of piperidine rings is 1. The van der Waals surface area contributed by atoms with Crippen LogP contribution >= 0.6 is 0 Å². The van der Waals surface area contributed by atoms with Crippen LogP contribution in [-0.2, 0) is 4.79 Å². The van der Waals surface area contributed by atoms with Crippen molar-refractivity contribution in [2.45, 2.75) is 30.3 Å². The summed E-state index contributed by atoms with van der Waals surface area (Å²) in [5.74, 6) is -0.852. The molecule has 2 aliphatic rings. The SMILES string of the molecule is C[C@]1(F)C(=O)N[C@@H]2C(O)[C@@]21O. The maximum atomic E-state index is 13.3. The second-order valence-electron chi connectivity index (χ2n) is 3.22. The Morgan fingerprint density at radius 2 is 2.27 bits per heavy atom. The maximum Gasteiger partial charge on any atom is 0.261 e. The Kier molecular flexibility index (Phi) is 0.903. The van der Waals surface area contributed by atoms with Crippen molar-refractivity contribution >= 4 is 5.91 Å². The van der Waals surface area contributed by atoms with E-state index in [4.69, 9.17) is 5.11 Å². The molecule has 5 heteroatoms. The molecule has 2 rings (SSSR count). The van der Waals surface area contributed by atoms with E-state index in [-0.39, 0.29) is 0 Å². The molecule has 62 valence electrons. The molecule has 1 heterocycles. The Morgan fingerprint density at radius 1 is 1.73 bits per heavy atom. The van der Waals surface area contributed by atoms with Gasteiger partial charge in [-0.15, -0.1) is 0 Å². The molecule has 0 aromatic rings. The fraction of sp³-hybridized carbons (Fsp3) is 0.833. The Labute approximate surface area is 62.0 Å². The number of carbonyl (C=O) groups is 1. The third-order valence-corrected chi connectivity index (χ3v) is 2.60. The molecule has 4 nitrogen and oxygen atoms in total. The first-order valence-corrected chi connectivity index (χ1v) is 3.32. The number of amides is 1. The van der Waals surface area contributed by atoms with Gasteiger partial charge in [0.2, 0.25) is 5.67 Å². The van der Waals surface area contributed by atoms with Gasteiger partial charge in [0, 0.05) is 0 Å². The second kappa shape index (κ2) is 1.42. The van der Waals surface area contributed by atoms with E-state index in [1.54, 1.807) is 0 Å². The fourth-order valence-corrected chi connectivity index (χ4v) is 1.57. The summed E-state index contributed by atoms with van der Waals surface area (Å²) in [4.78, 5) is 10.7. The van der Waals surface area contributed by atoms with Crippen LogP contribution in [0.2, 0.25) is 0 Å². The minimum absolute atomic E-state index is 0.815. The quantitative estimate of drug-likeness (QED) is 0.397. The summed E-state index contributed by atoms with van der Waals surface area (Å²) >= 11 is 0. The number of halogens is 1. The average Bonchev–Trinajstić information content (AvgIpc) is 2.35. The summed E-state index contributed by atoms with van der Waals surface area (Å²) in [7, 11) is 0. The molecule has 0 aromatic carbocycles. The van der Waals surface area contributed by atoms with Crippen LogP contribution in [0.5, 0.6) is 0 Å². The van der Waals surface area contributed by atoms with Crippen LogP contribution in [0.25, 0.3) is 0 Å². The zero-order valence-electron chi connectivity index (χ0n) is 5.84. The predicted octanol–water partition coefficient (Wildman–Crippen LogP) is -1.68. The summed E-state index contributed by atoms with van der Waals surface area (Å²) in [6.45, 7) is 0.971. The van der Waals surface area contributed by atoms with Gasteiger partial charge in [-0.1, -0.05) is 0 Å². The number of aliphatic hydroxyl groups is 2. The van der Waals surface area contributed by atoms with Crippen molar-refractivity contribution in [2.75, 3.05) is 0 Å². The summed E-state index contributed by atoms with van der Waals surface area (Å²) < 4.78 is 13.3. The Morgan fingerprint density at radius 3 is 2.55 bits per heavy atom.